The van der Waals surface area contributed by atoms with Crippen LogP contribution in [0.15, 0.2) is 22.7 Å². The number of rotatable bonds is 3. The van der Waals surface area contributed by atoms with Gasteiger partial charge in [-0.1, -0.05) is 15.9 Å². The molecule has 1 fully saturated rings. The molecule has 1 heterocycles. The fraction of sp³-hybridized carbons (Fsp3) is 0.417. The molecule has 0 unspecified atom stereocenters. The lowest BCUT2D eigenvalue weighted by Crippen LogP contribution is -3.15. The summed E-state index contributed by atoms with van der Waals surface area (Å²) in [6.45, 7) is 3.33. The average molecular weight is 318 g/mol. The Morgan fingerprint density at radius 3 is 2.83 bits per heavy atom. The molecule has 0 atom stereocenters. The molecule has 1 aromatic rings. The molecule has 6 heteroatoms. The number of hydrogen-bond donors (Lipinski definition) is 2. The fourth-order valence-corrected chi connectivity index (χ4v) is 2.18. The second-order valence-corrected chi connectivity index (χ2v) is 5.13. The highest BCUT2D eigenvalue weighted by molar-refractivity contribution is 9.10. The Balaban J connectivity index is 1.90. The van der Waals surface area contributed by atoms with Crippen molar-refractivity contribution in [3.63, 3.8) is 0 Å². The number of halogens is 2. The molecular weight excluding hydrogens is 303 g/mol. The van der Waals surface area contributed by atoms with Crippen LogP contribution in [0.5, 0.6) is 0 Å². The molecule has 2 N–H and O–H groups in total. The Labute approximate surface area is 113 Å². The summed E-state index contributed by atoms with van der Waals surface area (Å²) < 4.78 is 19.4. The molecule has 1 aromatic carbocycles. The van der Waals surface area contributed by atoms with Crippen molar-refractivity contribution in [1.82, 2.24) is 0 Å². The van der Waals surface area contributed by atoms with Crippen molar-refractivity contribution in [3.05, 3.63) is 28.5 Å². The first-order chi connectivity index (χ1) is 8.65. The van der Waals surface area contributed by atoms with E-state index in [1.807, 2.05) is 0 Å². The Morgan fingerprint density at radius 2 is 2.17 bits per heavy atom. The summed E-state index contributed by atoms with van der Waals surface area (Å²) in [5, 5.41) is 2.59. The van der Waals surface area contributed by atoms with Gasteiger partial charge in [-0.25, -0.2) is 4.39 Å². The van der Waals surface area contributed by atoms with Crippen molar-refractivity contribution in [2.45, 2.75) is 0 Å². The molecule has 98 valence electrons. The lowest BCUT2D eigenvalue weighted by Gasteiger charge is -2.23. The van der Waals surface area contributed by atoms with E-state index in [0.717, 1.165) is 18.0 Å². The summed E-state index contributed by atoms with van der Waals surface area (Å²) in [6.07, 6.45) is 0. The van der Waals surface area contributed by atoms with Gasteiger partial charge in [-0.2, -0.15) is 0 Å². The predicted molar refractivity (Wildman–Crippen MR) is 69.1 cm³/mol. The zero-order chi connectivity index (χ0) is 13.0. The van der Waals surface area contributed by atoms with Crippen LogP contribution >= 0.6 is 15.9 Å². The lowest BCUT2D eigenvalue weighted by atomic mass is 10.3. The molecule has 2 rings (SSSR count). The lowest BCUT2D eigenvalue weighted by molar-refractivity contribution is -0.899. The monoisotopic (exact) mass is 317 g/mol. The molecule has 18 heavy (non-hydrogen) atoms. The number of carbonyl (C=O) groups is 1. The van der Waals surface area contributed by atoms with Crippen LogP contribution < -0.4 is 10.2 Å². The quantitative estimate of drug-likeness (QED) is 0.849. The zero-order valence-electron chi connectivity index (χ0n) is 9.84. The van der Waals surface area contributed by atoms with Crippen LogP contribution in [0.2, 0.25) is 0 Å². The van der Waals surface area contributed by atoms with Crippen LogP contribution in [0.25, 0.3) is 0 Å². The van der Waals surface area contributed by atoms with Gasteiger partial charge in [-0.3, -0.25) is 4.79 Å². The van der Waals surface area contributed by atoms with Gasteiger partial charge in [-0.15, -0.1) is 0 Å². The highest BCUT2D eigenvalue weighted by atomic mass is 79.9. The maximum Gasteiger partial charge on any atom is 0.279 e. The van der Waals surface area contributed by atoms with E-state index in [1.54, 1.807) is 12.1 Å². The molecule has 0 radical (unpaired) electrons. The van der Waals surface area contributed by atoms with E-state index in [9.17, 15) is 9.18 Å². The molecule has 4 nitrogen and oxygen atoms in total. The van der Waals surface area contributed by atoms with Crippen molar-refractivity contribution in [1.29, 1.82) is 0 Å². The molecule has 1 aliphatic heterocycles. The first-order valence-electron chi connectivity index (χ1n) is 5.81. The molecule has 0 aliphatic carbocycles. The van der Waals surface area contributed by atoms with Crippen molar-refractivity contribution in [3.8, 4) is 0 Å². The number of hydrogen-bond acceptors (Lipinski definition) is 2. The van der Waals surface area contributed by atoms with E-state index >= 15 is 0 Å². The predicted octanol–water partition coefficient (Wildman–Crippen LogP) is 0.442. The van der Waals surface area contributed by atoms with E-state index in [-0.39, 0.29) is 11.6 Å². The van der Waals surface area contributed by atoms with Crippen LogP contribution in [0.3, 0.4) is 0 Å². The Bertz CT molecular complexity index is 436. The highest BCUT2D eigenvalue weighted by Crippen LogP contribution is 2.18. The van der Waals surface area contributed by atoms with E-state index in [4.69, 9.17) is 4.74 Å². The Kier molecular flexibility index (Phi) is 4.68. The van der Waals surface area contributed by atoms with E-state index in [1.165, 1.54) is 6.07 Å². The number of anilines is 1. The van der Waals surface area contributed by atoms with E-state index < -0.39 is 5.82 Å². The molecule has 0 bridgehead atoms. The van der Waals surface area contributed by atoms with Crippen LogP contribution in [-0.2, 0) is 9.53 Å². The third-order valence-electron chi connectivity index (χ3n) is 2.82. The number of benzene rings is 1. The van der Waals surface area contributed by atoms with Crippen LogP contribution in [0, 0.1) is 5.82 Å². The van der Waals surface area contributed by atoms with Gasteiger partial charge in [0.05, 0.1) is 18.9 Å². The Hall–Kier alpha value is -0.980. The number of amides is 1. The van der Waals surface area contributed by atoms with Gasteiger partial charge < -0.3 is 15.0 Å². The minimum atomic E-state index is -0.435. The topological polar surface area (TPSA) is 42.8 Å². The zero-order valence-corrected chi connectivity index (χ0v) is 11.4. The number of carbonyl (C=O) groups excluding carboxylic acids is 1. The number of ether oxygens (including phenoxy) is 1. The summed E-state index contributed by atoms with van der Waals surface area (Å²) in [5.74, 6) is -0.608. The van der Waals surface area contributed by atoms with Crippen molar-refractivity contribution in [2.24, 2.45) is 0 Å². The summed E-state index contributed by atoms with van der Waals surface area (Å²) in [6, 6.07) is 4.57. The van der Waals surface area contributed by atoms with Crippen LogP contribution in [0.1, 0.15) is 0 Å². The second kappa shape index (κ2) is 6.26. The molecule has 0 spiro atoms. The number of quaternary nitrogens is 1. The highest BCUT2D eigenvalue weighted by Gasteiger charge is 2.18. The third kappa shape index (κ3) is 3.76. The van der Waals surface area contributed by atoms with Crippen LogP contribution in [0.4, 0.5) is 10.1 Å². The minimum absolute atomic E-state index is 0.173. The molecule has 0 aromatic heterocycles. The Morgan fingerprint density at radius 1 is 1.44 bits per heavy atom. The van der Waals surface area contributed by atoms with E-state index in [0.29, 0.717) is 24.2 Å². The average Bonchev–Trinajstić information content (AvgIpc) is 2.34. The first kappa shape index (κ1) is 13.5. The summed E-state index contributed by atoms with van der Waals surface area (Å²) in [7, 11) is 0. The van der Waals surface area contributed by atoms with Gasteiger partial charge in [0.2, 0.25) is 0 Å². The minimum Gasteiger partial charge on any atom is -0.370 e. The first-order valence-corrected chi connectivity index (χ1v) is 6.60. The molecule has 1 aliphatic rings. The maximum atomic E-state index is 13.5. The van der Waals surface area contributed by atoms with Crippen molar-refractivity contribution in [2.75, 3.05) is 38.2 Å². The third-order valence-corrected chi connectivity index (χ3v) is 3.31. The molecule has 1 amide bonds. The fourth-order valence-electron chi connectivity index (χ4n) is 1.85. The van der Waals surface area contributed by atoms with Gasteiger partial charge in [0.1, 0.15) is 18.9 Å². The van der Waals surface area contributed by atoms with E-state index in [2.05, 4.69) is 21.2 Å². The van der Waals surface area contributed by atoms with Gasteiger partial charge in [0, 0.05) is 4.47 Å². The summed E-state index contributed by atoms with van der Waals surface area (Å²) in [4.78, 5) is 12.9. The van der Waals surface area contributed by atoms with Crippen molar-refractivity contribution >= 4 is 27.5 Å². The van der Waals surface area contributed by atoms with Gasteiger partial charge >= 0.3 is 0 Å². The SMILES string of the molecule is O=C(C[NH+]1CCOCC1)Nc1ccc(Br)cc1F. The largest absolute Gasteiger partial charge is 0.370 e. The summed E-state index contributed by atoms with van der Waals surface area (Å²) in [5.41, 5.74) is 0.218. The molecule has 0 saturated carbocycles. The smallest absolute Gasteiger partial charge is 0.279 e. The normalized spacial score (nSPS) is 16.6. The van der Waals surface area contributed by atoms with Gasteiger partial charge in [0.25, 0.3) is 5.91 Å². The molecule has 1 saturated heterocycles. The van der Waals surface area contributed by atoms with Crippen molar-refractivity contribution < 1.29 is 18.8 Å². The van der Waals surface area contributed by atoms with Gasteiger partial charge in [-0.05, 0) is 18.2 Å². The summed E-state index contributed by atoms with van der Waals surface area (Å²) >= 11 is 3.17. The second-order valence-electron chi connectivity index (χ2n) is 4.21. The van der Waals surface area contributed by atoms with Crippen LogP contribution in [-0.4, -0.2) is 38.8 Å². The number of nitrogens with one attached hydrogen (secondary N) is 2. The standard InChI is InChI=1S/C12H14BrFN2O2/c13-9-1-2-11(10(14)7-9)15-12(17)8-16-3-5-18-6-4-16/h1-2,7H,3-6,8H2,(H,15,17)/p+1. The van der Waals surface area contributed by atoms with Gasteiger partial charge in [0.15, 0.2) is 6.54 Å². The number of morpholine rings is 1. The maximum absolute atomic E-state index is 13.5. The molecular formula is C12H15BrFN2O2+.